The maximum absolute atomic E-state index is 11.8. The van der Waals surface area contributed by atoms with E-state index in [4.69, 9.17) is 9.47 Å². The van der Waals surface area contributed by atoms with Crippen molar-refractivity contribution in [2.45, 2.75) is 32.1 Å². The molecule has 6 nitrogen and oxygen atoms in total. The van der Waals surface area contributed by atoms with Crippen LogP contribution < -0.4 is 10.0 Å². The average Bonchev–Trinajstić information content (AvgIpc) is 2.63. The summed E-state index contributed by atoms with van der Waals surface area (Å²) >= 11 is 0. The standard InChI is InChI=1S/C10H22N2O4S.ClH/c1-8(2)16-4-5-17(13,14)12-9-6-11-7-10(9)15-3;/h8-12H,4-7H2,1-3H3;1H. The van der Waals surface area contributed by atoms with Crippen molar-refractivity contribution >= 4 is 22.4 Å². The second kappa shape index (κ2) is 8.29. The number of hydrogen-bond donors (Lipinski definition) is 2. The molecule has 1 heterocycles. The molecule has 1 aliphatic rings. The summed E-state index contributed by atoms with van der Waals surface area (Å²) in [7, 11) is -1.71. The molecule has 1 aliphatic heterocycles. The number of methoxy groups -OCH3 is 1. The van der Waals surface area contributed by atoms with Crippen molar-refractivity contribution in [3.05, 3.63) is 0 Å². The first-order valence-electron chi connectivity index (χ1n) is 5.79. The number of rotatable bonds is 7. The van der Waals surface area contributed by atoms with Crippen LogP contribution in [0.2, 0.25) is 0 Å². The van der Waals surface area contributed by atoms with Crippen molar-refractivity contribution in [2.75, 3.05) is 32.6 Å². The number of sulfonamides is 1. The summed E-state index contributed by atoms with van der Waals surface area (Å²) in [5, 5.41) is 3.09. The monoisotopic (exact) mass is 302 g/mol. The Balaban J connectivity index is 0.00000289. The largest absolute Gasteiger partial charge is 0.378 e. The zero-order chi connectivity index (χ0) is 12.9. The summed E-state index contributed by atoms with van der Waals surface area (Å²) in [6.45, 7) is 5.24. The fourth-order valence-corrected chi connectivity index (χ4v) is 2.83. The van der Waals surface area contributed by atoms with Crippen LogP contribution in [0.3, 0.4) is 0 Å². The molecule has 0 saturated carbocycles. The van der Waals surface area contributed by atoms with Gasteiger partial charge in [-0.1, -0.05) is 0 Å². The predicted octanol–water partition coefficient (Wildman–Crippen LogP) is -0.261. The van der Waals surface area contributed by atoms with E-state index in [1.54, 1.807) is 7.11 Å². The van der Waals surface area contributed by atoms with Gasteiger partial charge in [0, 0.05) is 20.2 Å². The Morgan fingerprint density at radius 1 is 1.39 bits per heavy atom. The third-order valence-electron chi connectivity index (χ3n) is 2.60. The van der Waals surface area contributed by atoms with Crippen LogP contribution in [-0.4, -0.2) is 59.2 Å². The molecule has 1 saturated heterocycles. The van der Waals surface area contributed by atoms with E-state index in [-0.39, 0.29) is 43.0 Å². The molecule has 0 aromatic carbocycles. The van der Waals surface area contributed by atoms with Crippen molar-refractivity contribution in [3.63, 3.8) is 0 Å². The maximum atomic E-state index is 11.8. The molecule has 1 fully saturated rings. The lowest BCUT2D eigenvalue weighted by Crippen LogP contribution is -2.44. The molecule has 0 aliphatic carbocycles. The van der Waals surface area contributed by atoms with Gasteiger partial charge < -0.3 is 14.8 Å². The Bertz CT molecular complexity index is 324. The van der Waals surface area contributed by atoms with Crippen LogP contribution in [0, 0.1) is 0 Å². The number of hydrogen-bond acceptors (Lipinski definition) is 5. The second-order valence-electron chi connectivity index (χ2n) is 4.40. The first-order valence-corrected chi connectivity index (χ1v) is 7.45. The van der Waals surface area contributed by atoms with Gasteiger partial charge in [0.2, 0.25) is 10.0 Å². The lowest BCUT2D eigenvalue weighted by molar-refractivity contribution is 0.0903. The van der Waals surface area contributed by atoms with Gasteiger partial charge in [0.05, 0.1) is 30.6 Å². The number of halogens is 1. The topological polar surface area (TPSA) is 76.7 Å². The Kier molecular flexibility index (Phi) is 8.33. The van der Waals surface area contributed by atoms with Crippen LogP contribution >= 0.6 is 12.4 Å². The summed E-state index contributed by atoms with van der Waals surface area (Å²) < 4.78 is 36.6. The van der Waals surface area contributed by atoms with Crippen molar-refractivity contribution in [2.24, 2.45) is 0 Å². The van der Waals surface area contributed by atoms with E-state index >= 15 is 0 Å². The van der Waals surface area contributed by atoms with Gasteiger partial charge >= 0.3 is 0 Å². The van der Waals surface area contributed by atoms with Crippen molar-refractivity contribution in [1.82, 2.24) is 10.0 Å². The molecule has 2 atom stereocenters. The van der Waals surface area contributed by atoms with Gasteiger partial charge in [0.25, 0.3) is 0 Å². The van der Waals surface area contributed by atoms with E-state index in [1.807, 2.05) is 13.8 Å². The van der Waals surface area contributed by atoms with Crippen LogP contribution in [-0.2, 0) is 19.5 Å². The minimum absolute atomic E-state index is 0. The van der Waals surface area contributed by atoms with E-state index in [9.17, 15) is 8.42 Å². The van der Waals surface area contributed by atoms with Gasteiger partial charge in [0.15, 0.2) is 0 Å². The molecular weight excluding hydrogens is 280 g/mol. The molecule has 0 spiro atoms. The van der Waals surface area contributed by atoms with Crippen LogP contribution in [0.5, 0.6) is 0 Å². The molecule has 2 N–H and O–H groups in total. The molecule has 18 heavy (non-hydrogen) atoms. The van der Waals surface area contributed by atoms with Gasteiger partial charge in [-0.2, -0.15) is 0 Å². The summed E-state index contributed by atoms with van der Waals surface area (Å²) in [5.74, 6) is -0.0158. The smallest absolute Gasteiger partial charge is 0.214 e. The van der Waals surface area contributed by atoms with Gasteiger partial charge in [-0.05, 0) is 13.8 Å². The van der Waals surface area contributed by atoms with Crippen molar-refractivity contribution < 1.29 is 17.9 Å². The molecule has 2 unspecified atom stereocenters. The Labute approximate surface area is 115 Å². The Morgan fingerprint density at radius 2 is 2.06 bits per heavy atom. The SMILES string of the molecule is COC1CNCC1NS(=O)(=O)CCOC(C)C.Cl. The summed E-state index contributed by atoms with van der Waals surface area (Å²) in [6.07, 6.45) is -0.0548. The van der Waals surface area contributed by atoms with Gasteiger partial charge in [0.1, 0.15) is 0 Å². The van der Waals surface area contributed by atoms with E-state index in [0.29, 0.717) is 13.1 Å². The van der Waals surface area contributed by atoms with E-state index in [0.717, 1.165) is 0 Å². The zero-order valence-electron chi connectivity index (χ0n) is 11.0. The van der Waals surface area contributed by atoms with E-state index in [2.05, 4.69) is 10.0 Å². The molecule has 0 aromatic rings. The first kappa shape index (κ1) is 18.1. The predicted molar refractivity (Wildman–Crippen MR) is 72.7 cm³/mol. The Hall–Kier alpha value is 0.0800. The normalized spacial score (nSPS) is 24.2. The molecule has 0 radical (unpaired) electrons. The third-order valence-corrected chi connectivity index (χ3v) is 3.96. The number of ether oxygens (including phenoxy) is 2. The van der Waals surface area contributed by atoms with Crippen LogP contribution in [0.25, 0.3) is 0 Å². The fourth-order valence-electron chi connectivity index (χ4n) is 1.70. The molecule has 110 valence electrons. The zero-order valence-corrected chi connectivity index (χ0v) is 12.6. The summed E-state index contributed by atoms with van der Waals surface area (Å²) in [5.41, 5.74) is 0. The van der Waals surface area contributed by atoms with Crippen LogP contribution in [0.1, 0.15) is 13.8 Å². The highest BCUT2D eigenvalue weighted by atomic mass is 35.5. The quantitative estimate of drug-likeness (QED) is 0.677. The van der Waals surface area contributed by atoms with Crippen molar-refractivity contribution in [1.29, 1.82) is 0 Å². The third kappa shape index (κ3) is 6.31. The minimum atomic E-state index is -3.30. The lowest BCUT2D eigenvalue weighted by Gasteiger charge is -2.18. The Morgan fingerprint density at radius 3 is 2.61 bits per heavy atom. The lowest BCUT2D eigenvalue weighted by atomic mass is 10.2. The highest BCUT2D eigenvalue weighted by Crippen LogP contribution is 2.05. The summed E-state index contributed by atoms with van der Waals surface area (Å²) in [6, 6.07) is -0.191. The minimum Gasteiger partial charge on any atom is -0.378 e. The summed E-state index contributed by atoms with van der Waals surface area (Å²) in [4.78, 5) is 0. The van der Waals surface area contributed by atoms with Gasteiger partial charge in [-0.3, -0.25) is 0 Å². The van der Waals surface area contributed by atoms with Gasteiger partial charge in [-0.15, -0.1) is 12.4 Å². The fraction of sp³-hybridized carbons (Fsp3) is 1.00. The van der Waals surface area contributed by atoms with Crippen LogP contribution in [0.4, 0.5) is 0 Å². The van der Waals surface area contributed by atoms with E-state index in [1.165, 1.54) is 0 Å². The second-order valence-corrected chi connectivity index (χ2v) is 6.27. The average molecular weight is 303 g/mol. The maximum Gasteiger partial charge on any atom is 0.214 e. The first-order chi connectivity index (χ1) is 7.94. The van der Waals surface area contributed by atoms with Crippen LogP contribution in [0.15, 0.2) is 0 Å². The molecule has 8 heteroatoms. The highest BCUT2D eigenvalue weighted by Gasteiger charge is 2.30. The highest BCUT2D eigenvalue weighted by molar-refractivity contribution is 7.89. The molecule has 0 bridgehead atoms. The molecule has 1 rings (SSSR count). The molecule has 0 amide bonds. The van der Waals surface area contributed by atoms with Crippen molar-refractivity contribution in [3.8, 4) is 0 Å². The molecular formula is C10H23ClN2O4S. The number of nitrogens with one attached hydrogen (secondary N) is 2. The molecule has 0 aromatic heterocycles. The van der Waals surface area contributed by atoms with E-state index < -0.39 is 10.0 Å². The van der Waals surface area contributed by atoms with Gasteiger partial charge in [-0.25, -0.2) is 13.1 Å².